The Morgan fingerprint density at radius 1 is 0.952 bits per heavy atom. The summed E-state index contributed by atoms with van der Waals surface area (Å²) >= 11 is 0. The van der Waals surface area contributed by atoms with Crippen LogP contribution in [0.15, 0.2) is 30.3 Å². The predicted octanol–water partition coefficient (Wildman–Crippen LogP) is 4.60. The molecule has 3 heteroatoms. The molecule has 1 aromatic rings. The molecular formula is C18H27NOSi. The van der Waals surface area contributed by atoms with Crippen LogP contribution in [0, 0.1) is 11.6 Å². The summed E-state index contributed by atoms with van der Waals surface area (Å²) in [4.78, 5) is 12.0. The Kier molecular flexibility index (Phi) is 6.23. The number of benzene rings is 1. The largest absolute Gasteiger partial charge is 0.281 e. The van der Waals surface area contributed by atoms with Gasteiger partial charge in [0.2, 0.25) is 0 Å². The van der Waals surface area contributed by atoms with E-state index in [9.17, 15) is 4.79 Å². The van der Waals surface area contributed by atoms with Crippen LogP contribution in [0.2, 0.25) is 16.6 Å². The van der Waals surface area contributed by atoms with E-state index in [-0.39, 0.29) is 5.91 Å². The topological polar surface area (TPSA) is 29.1 Å². The minimum atomic E-state index is -1.77. The number of hydrogen-bond donors (Lipinski definition) is 1. The van der Waals surface area contributed by atoms with Crippen LogP contribution >= 0.6 is 0 Å². The SMILES string of the molecule is CC(C)[Si](C#CNC(=O)c1ccccc1)(C(C)C)C(C)C. The maximum absolute atomic E-state index is 12.0. The first kappa shape index (κ1) is 17.5. The third kappa shape index (κ3) is 3.98. The molecule has 0 atom stereocenters. The van der Waals surface area contributed by atoms with Crippen molar-refractivity contribution in [3.63, 3.8) is 0 Å². The molecule has 0 heterocycles. The summed E-state index contributed by atoms with van der Waals surface area (Å²) in [7, 11) is -1.77. The summed E-state index contributed by atoms with van der Waals surface area (Å²) in [6.07, 6.45) is 0. The molecule has 0 aliphatic carbocycles. The summed E-state index contributed by atoms with van der Waals surface area (Å²) in [6, 6.07) is 12.2. The number of nitrogens with one attached hydrogen (secondary N) is 1. The van der Waals surface area contributed by atoms with Crippen molar-refractivity contribution in [3.05, 3.63) is 35.9 Å². The quantitative estimate of drug-likeness (QED) is 0.492. The van der Waals surface area contributed by atoms with E-state index < -0.39 is 8.07 Å². The average Bonchev–Trinajstić information content (AvgIpc) is 2.43. The Labute approximate surface area is 130 Å². The van der Waals surface area contributed by atoms with Crippen molar-refractivity contribution in [1.29, 1.82) is 0 Å². The number of rotatable bonds is 4. The van der Waals surface area contributed by atoms with E-state index in [2.05, 4.69) is 58.4 Å². The maximum atomic E-state index is 12.0. The second-order valence-electron chi connectivity index (χ2n) is 6.47. The highest BCUT2D eigenvalue weighted by molar-refractivity contribution is 6.90. The zero-order valence-corrected chi connectivity index (χ0v) is 15.0. The molecule has 2 nitrogen and oxygen atoms in total. The van der Waals surface area contributed by atoms with Crippen LogP contribution in [0.3, 0.4) is 0 Å². The Morgan fingerprint density at radius 2 is 1.43 bits per heavy atom. The van der Waals surface area contributed by atoms with Crippen LogP contribution in [0.25, 0.3) is 0 Å². The Balaban J connectivity index is 2.94. The standard InChI is InChI=1S/C18H27NOSi/c1-14(2)21(15(3)4,16(5)6)13-12-19-18(20)17-10-8-7-9-11-17/h7-11,14-16H,1-6H3,(H,19,20). The van der Waals surface area contributed by atoms with Crippen molar-refractivity contribution in [2.24, 2.45) is 0 Å². The van der Waals surface area contributed by atoms with E-state index in [0.29, 0.717) is 22.2 Å². The average molecular weight is 302 g/mol. The lowest BCUT2D eigenvalue weighted by molar-refractivity contribution is 0.0973. The Bertz CT molecular complexity index is 501. The van der Waals surface area contributed by atoms with Gasteiger partial charge in [0.05, 0.1) is 0 Å². The van der Waals surface area contributed by atoms with Gasteiger partial charge in [0.15, 0.2) is 0 Å². The van der Waals surface area contributed by atoms with Crippen molar-refractivity contribution in [2.75, 3.05) is 0 Å². The van der Waals surface area contributed by atoms with Crippen molar-refractivity contribution < 1.29 is 4.79 Å². The van der Waals surface area contributed by atoms with Crippen LogP contribution in [-0.2, 0) is 0 Å². The first-order valence-corrected chi connectivity index (χ1v) is 9.93. The van der Waals surface area contributed by atoms with E-state index in [1.807, 2.05) is 18.2 Å². The Morgan fingerprint density at radius 3 is 1.86 bits per heavy atom. The molecule has 1 N–H and O–H groups in total. The van der Waals surface area contributed by atoms with Gasteiger partial charge >= 0.3 is 0 Å². The van der Waals surface area contributed by atoms with Crippen LogP contribution < -0.4 is 5.32 Å². The molecule has 114 valence electrons. The summed E-state index contributed by atoms with van der Waals surface area (Å²) in [5.41, 5.74) is 5.84. The van der Waals surface area contributed by atoms with E-state index >= 15 is 0 Å². The van der Waals surface area contributed by atoms with E-state index in [1.165, 1.54) is 0 Å². The van der Waals surface area contributed by atoms with Gasteiger partial charge in [-0.1, -0.05) is 59.7 Å². The molecule has 0 fully saturated rings. The van der Waals surface area contributed by atoms with Crippen LogP contribution in [0.1, 0.15) is 51.9 Å². The molecule has 0 saturated carbocycles. The minimum Gasteiger partial charge on any atom is -0.281 e. The van der Waals surface area contributed by atoms with Gasteiger partial charge in [-0.3, -0.25) is 10.1 Å². The first-order valence-electron chi connectivity index (χ1n) is 7.69. The van der Waals surface area contributed by atoms with Crippen molar-refractivity contribution in [1.82, 2.24) is 5.32 Å². The molecule has 0 saturated heterocycles. The van der Waals surface area contributed by atoms with Crippen molar-refractivity contribution >= 4 is 14.0 Å². The number of amides is 1. The van der Waals surface area contributed by atoms with E-state index in [1.54, 1.807) is 12.1 Å². The molecule has 1 aromatic carbocycles. The van der Waals surface area contributed by atoms with Crippen molar-refractivity contribution in [3.8, 4) is 11.6 Å². The van der Waals surface area contributed by atoms with Gasteiger partial charge in [-0.2, -0.15) is 0 Å². The summed E-state index contributed by atoms with van der Waals surface area (Å²) in [6.45, 7) is 13.6. The normalized spacial score (nSPS) is 11.5. The van der Waals surface area contributed by atoms with Gasteiger partial charge in [0.1, 0.15) is 8.07 Å². The fourth-order valence-electron chi connectivity index (χ4n) is 3.29. The van der Waals surface area contributed by atoms with Crippen LogP contribution in [0.5, 0.6) is 0 Å². The van der Waals surface area contributed by atoms with Crippen molar-refractivity contribution in [2.45, 2.75) is 58.2 Å². The lowest BCUT2D eigenvalue weighted by atomic mass is 10.2. The highest BCUT2D eigenvalue weighted by Crippen LogP contribution is 2.40. The fraction of sp³-hybridized carbons (Fsp3) is 0.500. The summed E-state index contributed by atoms with van der Waals surface area (Å²) < 4.78 is 0. The molecule has 1 amide bonds. The summed E-state index contributed by atoms with van der Waals surface area (Å²) in [5.74, 6) is -0.123. The first-order chi connectivity index (χ1) is 9.82. The van der Waals surface area contributed by atoms with Crippen LogP contribution in [0.4, 0.5) is 0 Å². The lowest BCUT2D eigenvalue weighted by Crippen LogP contribution is -2.43. The van der Waals surface area contributed by atoms with Gasteiger partial charge in [0, 0.05) is 11.6 Å². The molecule has 21 heavy (non-hydrogen) atoms. The Hall–Kier alpha value is -1.53. The summed E-state index contributed by atoms with van der Waals surface area (Å²) in [5, 5.41) is 2.75. The highest BCUT2D eigenvalue weighted by atomic mass is 28.3. The second kappa shape index (κ2) is 7.47. The predicted molar refractivity (Wildman–Crippen MR) is 92.7 cm³/mol. The number of carbonyl (C=O) groups is 1. The maximum Gasteiger partial charge on any atom is 0.262 e. The highest BCUT2D eigenvalue weighted by Gasteiger charge is 2.41. The molecule has 0 aliphatic rings. The van der Waals surface area contributed by atoms with E-state index in [0.717, 1.165) is 0 Å². The fourth-order valence-corrected chi connectivity index (χ4v) is 8.44. The third-order valence-corrected chi connectivity index (χ3v) is 10.6. The second-order valence-corrected chi connectivity index (χ2v) is 12.0. The van der Waals surface area contributed by atoms with E-state index in [4.69, 9.17) is 0 Å². The zero-order valence-electron chi connectivity index (χ0n) is 14.0. The van der Waals surface area contributed by atoms with Gasteiger partial charge in [0.25, 0.3) is 5.91 Å². The molecule has 0 aromatic heterocycles. The third-order valence-electron chi connectivity index (χ3n) is 4.36. The molecule has 0 radical (unpaired) electrons. The number of carbonyl (C=O) groups excluding carboxylic acids is 1. The van der Waals surface area contributed by atoms with Gasteiger partial charge in [-0.25, -0.2) is 0 Å². The molecule has 0 unspecified atom stereocenters. The monoisotopic (exact) mass is 301 g/mol. The molecular weight excluding hydrogens is 274 g/mol. The van der Waals surface area contributed by atoms with Crippen LogP contribution in [-0.4, -0.2) is 14.0 Å². The van der Waals surface area contributed by atoms with Gasteiger partial charge in [-0.05, 0) is 28.8 Å². The molecule has 0 spiro atoms. The molecule has 1 rings (SSSR count). The molecule has 0 aliphatic heterocycles. The lowest BCUT2D eigenvalue weighted by Gasteiger charge is -2.37. The zero-order chi connectivity index (χ0) is 16.0. The minimum absolute atomic E-state index is 0.123. The number of hydrogen-bond acceptors (Lipinski definition) is 1. The smallest absolute Gasteiger partial charge is 0.262 e. The van der Waals surface area contributed by atoms with Gasteiger partial charge < -0.3 is 0 Å². The van der Waals surface area contributed by atoms with Gasteiger partial charge in [-0.15, -0.1) is 5.54 Å². The molecule has 0 bridgehead atoms.